The number of anilines is 1. The van der Waals surface area contributed by atoms with Crippen molar-refractivity contribution >= 4 is 27.5 Å². The van der Waals surface area contributed by atoms with Gasteiger partial charge in [-0.25, -0.2) is 0 Å². The van der Waals surface area contributed by atoms with Gasteiger partial charge in [-0.3, -0.25) is 4.79 Å². The molecule has 3 aromatic rings. The van der Waals surface area contributed by atoms with Crippen molar-refractivity contribution in [3.05, 3.63) is 82.8 Å². The van der Waals surface area contributed by atoms with Crippen LogP contribution in [-0.4, -0.2) is 25.7 Å². The normalized spacial score (nSPS) is 10.3. The first-order chi connectivity index (χ1) is 14.7. The van der Waals surface area contributed by atoms with Crippen LogP contribution in [0.25, 0.3) is 0 Å². The van der Waals surface area contributed by atoms with Crippen LogP contribution in [0.15, 0.2) is 77.3 Å². The zero-order chi connectivity index (χ0) is 21.2. The Morgan fingerprint density at radius 1 is 0.833 bits per heavy atom. The van der Waals surface area contributed by atoms with Crippen LogP contribution in [0.4, 0.5) is 5.69 Å². The highest BCUT2D eigenvalue weighted by atomic mass is 79.9. The number of hydrogen-bond acceptors (Lipinski definition) is 4. The Hall–Kier alpha value is -2.99. The van der Waals surface area contributed by atoms with E-state index in [1.54, 1.807) is 24.3 Å². The van der Waals surface area contributed by atoms with Crippen molar-refractivity contribution in [1.29, 1.82) is 0 Å². The summed E-state index contributed by atoms with van der Waals surface area (Å²) in [6.07, 6.45) is 0.870. The number of carbonyl (C=O) groups is 1. The molecule has 0 aliphatic rings. The summed E-state index contributed by atoms with van der Waals surface area (Å²) in [6.45, 7) is 3.46. The Balaban J connectivity index is 1.52. The molecule has 0 aliphatic carbocycles. The second-order valence-electron chi connectivity index (χ2n) is 6.48. The summed E-state index contributed by atoms with van der Waals surface area (Å²) in [6, 6.07) is 22.2. The molecule has 0 saturated heterocycles. The maximum Gasteiger partial charge on any atom is 0.259 e. The molecule has 0 saturated carbocycles. The van der Waals surface area contributed by atoms with Gasteiger partial charge in [0.2, 0.25) is 0 Å². The van der Waals surface area contributed by atoms with E-state index in [0.29, 0.717) is 42.6 Å². The molecule has 156 valence electrons. The zero-order valence-electron chi connectivity index (χ0n) is 16.8. The van der Waals surface area contributed by atoms with E-state index in [-0.39, 0.29) is 5.91 Å². The van der Waals surface area contributed by atoms with Crippen LogP contribution in [0.3, 0.4) is 0 Å². The number of carbonyl (C=O) groups excluding carboxylic acids is 1. The van der Waals surface area contributed by atoms with Crippen molar-refractivity contribution in [2.45, 2.75) is 13.3 Å². The molecule has 0 atom stereocenters. The topological polar surface area (TPSA) is 56.8 Å². The zero-order valence-corrected chi connectivity index (χ0v) is 18.4. The Morgan fingerprint density at radius 2 is 1.50 bits per heavy atom. The first kappa shape index (κ1) is 21.7. The number of benzene rings is 3. The van der Waals surface area contributed by atoms with E-state index in [9.17, 15) is 4.79 Å². The second kappa shape index (κ2) is 11.3. The molecule has 0 aromatic heterocycles. The van der Waals surface area contributed by atoms with Crippen molar-refractivity contribution in [2.75, 3.05) is 25.1 Å². The molecule has 5 nitrogen and oxygen atoms in total. The summed E-state index contributed by atoms with van der Waals surface area (Å²) in [5.74, 6) is 1.86. The summed E-state index contributed by atoms with van der Waals surface area (Å²) in [7, 11) is 0. The molecular formula is C24H24BrNO4. The quantitative estimate of drug-likeness (QED) is 0.372. The van der Waals surface area contributed by atoms with Crippen LogP contribution in [0.5, 0.6) is 17.2 Å². The molecule has 30 heavy (non-hydrogen) atoms. The smallest absolute Gasteiger partial charge is 0.259 e. The van der Waals surface area contributed by atoms with Gasteiger partial charge in [0, 0.05) is 10.2 Å². The van der Waals surface area contributed by atoms with Crippen LogP contribution in [0.1, 0.15) is 23.7 Å². The first-order valence-corrected chi connectivity index (χ1v) is 10.6. The van der Waals surface area contributed by atoms with Crippen LogP contribution < -0.4 is 19.5 Å². The molecule has 1 N–H and O–H groups in total. The third-order valence-electron chi connectivity index (χ3n) is 4.12. The number of para-hydroxylation sites is 1. The maximum atomic E-state index is 12.7. The summed E-state index contributed by atoms with van der Waals surface area (Å²) in [5, 5.41) is 2.90. The summed E-state index contributed by atoms with van der Waals surface area (Å²) < 4.78 is 17.8. The van der Waals surface area contributed by atoms with Crippen LogP contribution in [0, 0.1) is 0 Å². The van der Waals surface area contributed by atoms with E-state index in [1.807, 2.05) is 55.5 Å². The third kappa shape index (κ3) is 6.52. The SMILES string of the molecule is CCCOc1ccc(Br)cc1C(=O)Nc1ccc(OCCOc2ccccc2)cc1. The van der Waals surface area contributed by atoms with E-state index in [4.69, 9.17) is 14.2 Å². The maximum absolute atomic E-state index is 12.7. The van der Waals surface area contributed by atoms with Gasteiger partial charge in [-0.05, 0) is 61.0 Å². The molecular weight excluding hydrogens is 446 g/mol. The van der Waals surface area contributed by atoms with Crippen LogP contribution in [-0.2, 0) is 0 Å². The molecule has 6 heteroatoms. The Morgan fingerprint density at radius 3 is 2.17 bits per heavy atom. The molecule has 0 unspecified atom stereocenters. The van der Waals surface area contributed by atoms with Gasteiger partial charge in [-0.15, -0.1) is 0 Å². The Bertz CT molecular complexity index is 945. The van der Waals surface area contributed by atoms with E-state index in [0.717, 1.165) is 16.6 Å². The summed E-state index contributed by atoms with van der Waals surface area (Å²) >= 11 is 3.41. The largest absolute Gasteiger partial charge is 0.493 e. The highest BCUT2D eigenvalue weighted by Gasteiger charge is 2.14. The van der Waals surface area contributed by atoms with Crippen molar-refractivity contribution < 1.29 is 19.0 Å². The number of amides is 1. The fourth-order valence-electron chi connectivity index (χ4n) is 2.69. The van der Waals surface area contributed by atoms with Crippen molar-refractivity contribution in [1.82, 2.24) is 0 Å². The number of nitrogens with one attached hydrogen (secondary N) is 1. The van der Waals surface area contributed by atoms with Crippen molar-refractivity contribution in [2.24, 2.45) is 0 Å². The average Bonchev–Trinajstić information content (AvgIpc) is 2.77. The van der Waals surface area contributed by atoms with Gasteiger partial charge >= 0.3 is 0 Å². The monoisotopic (exact) mass is 469 g/mol. The minimum atomic E-state index is -0.229. The van der Waals surface area contributed by atoms with Gasteiger partial charge in [0.15, 0.2) is 0 Å². The first-order valence-electron chi connectivity index (χ1n) is 9.80. The molecule has 0 bridgehead atoms. The highest BCUT2D eigenvalue weighted by Crippen LogP contribution is 2.25. The number of halogens is 1. The van der Waals surface area contributed by atoms with E-state index in [2.05, 4.69) is 21.2 Å². The summed E-state index contributed by atoms with van der Waals surface area (Å²) in [4.78, 5) is 12.7. The van der Waals surface area contributed by atoms with Crippen molar-refractivity contribution in [3.63, 3.8) is 0 Å². The lowest BCUT2D eigenvalue weighted by Crippen LogP contribution is -2.14. The molecule has 0 heterocycles. The van der Waals surface area contributed by atoms with Crippen molar-refractivity contribution in [3.8, 4) is 17.2 Å². The molecule has 0 fully saturated rings. The predicted octanol–water partition coefficient (Wildman–Crippen LogP) is 5.95. The van der Waals surface area contributed by atoms with Crippen LogP contribution in [0.2, 0.25) is 0 Å². The predicted molar refractivity (Wildman–Crippen MR) is 122 cm³/mol. The lowest BCUT2D eigenvalue weighted by atomic mass is 10.2. The minimum Gasteiger partial charge on any atom is -0.493 e. The Labute approximate surface area is 185 Å². The minimum absolute atomic E-state index is 0.229. The highest BCUT2D eigenvalue weighted by molar-refractivity contribution is 9.10. The lowest BCUT2D eigenvalue weighted by Gasteiger charge is -2.12. The van der Waals surface area contributed by atoms with Gasteiger partial charge in [-0.1, -0.05) is 41.1 Å². The lowest BCUT2D eigenvalue weighted by molar-refractivity contribution is 0.102. The molecule has 3 aromatic carbocycles. The van der Waals surface area contributed by atoms with Crippen LogP contribution >= 0.6 is 15.9 Å². The molecule has 3 rings (SSSR count). The standard InChI is InChI=1S/C24H24BrNO4/c1-2-14-30-23-13-8-18(25)17-22(23)24(27)26-19-9-11-21(12-10-19)29-16-15-28-20-6-4-3-5-7-20/h3-13,17H,2,14-16H2,1H3,(H,26,27). The second-order valence-corrected chi connectivity index (χ2v) is 7.39. The molecule has 1 amide bonds. The number of hydrogen-bond donors (Lipinski definition) is 1. The van der Waals surface area contributed by atoms with E-state index >= 15 is 0 Å². The fraction of sp³-hybridized carbons (Fsp3) is 0.208. The van der Waals surface area contributed by atoms with Gasteiger partial charge in [0.25, 0.3) is 5.91 Å². The summed E-state index contributed by atoms with van der Waals surface area (Å²) in [5.41, 5.74) is 1.16. The molecule has 0 radical (unpaired) electrons. The fourth-order valence-corrected chi connectivity index (χ4v) is 3.05. The van der Waals surface area contributed by atoms with Gasteiger partial charge in [-0.2, -0.15) is 0 Å². The van der Waals surface area contributed by atoms with E-state index < -0.39 is 0 Å². The molecule has 0 aliphatic heterocycles. The van der Waals surface area contributed by atoms with Gasteiger partial charge in [0.1, 0.15) is 30.5 Å². The molecule has 0 spiro atoms. The Kier molecular flexibility index (Phi) is 8.15. The van der Waals surface area contributed by atoms with E-state index in [1.165, 1.54) is 0 Å². The van der Waals surface area contributed by atoms with Gasteiger partial charge < -0.3 is 19.5 Å². The third-order valence-corrected chi connectivity index (χ3v) is 4.62. The number of ether oxygens (including phenoxy) is 3. The average molecular weight is 470 g/mol. The number of rotatable bonds is 10. The van der Waals surface area contributed by atoms with Gasteiger partial charge in [0.05, 0.1) is 12.2 Å².